The minimum absolute atomic E-state index is 0.00881. The number of likely N-dealkylation sites (tertiary alicyclic amines) is 1. The van der Waals surface area contributed by atoms with Gasteiger partial charge in [-0.25, -0.2) is 4.98 Å². The Hall–Kier alpha value is -1.34. The third-order valence-corrected chi connectivity index (χ3v) is 7.18. The first-order chi connectivity index (χ1) is 12.3. The monoisotopic (exact) mass is 393 g/mol. The molecule has 0 bridgehead atoms. The molecular weight excluding hydrogens is 366 g/mol. The van der Waals surface area contributed by atoms with Crippen LogP contribution in [-0.2, 0) is 11.3 Å². The first-order valence-electron chi connectivity index (χ1n) is 9.22. The normalized spacial score (nSPS) is 20.7. The first-order valence-corrected chi connectivity index (χ1v) is 11.0. The Morgan fingerprint density at radius 3 is 2.54 bits per heavy atom. The van der Waals surface area contributed by atoms with Gasteiger partial charge in [-0.15, -0.1) is 11.3 Å². The van der Waals surface area contributed by atoms with Crippen molar-refractivity contribution in [2.24, 2.45) is 11.8 Å². The summed E-state index contributed by atoms with van der Waals surface area (Å²) in [4.78, 5) is 34.1. The number of carbonyl (C=O) groups is 1. The van der Waals surface area contributed by atoms with Gasteiger partial charge in [0, 0.05) is 24.5 Å². The van der Waals surface area contributed by atoms with Crippen LogP contribution < -0.4 is 5.56 Å². The maximum atomic E-state index is 12.9. The van der Waals surface area contributed by atoms with Gasteiger partial charge in [0.2, 0.25) is 5.91 Å². The van der Waals surface area contributed by atoms with Crippen molar-refractivity contribution in [2.75, 3.05) is 18.8 Å². The highest BCUT2D eigenvalue weighted by Gasteiger charge is 2.26. The summed E-state index contributed by atoms with van der Waals surface area (Å²) >= 11 is 2.94. The van der Waals surface area contributed by atoms with Gasteiger partial charge < -0.3 is 4.90 Å². The van der Waals surface area contributed by atoms with E-state index in [0.29, 0.717) is 29.3 Å². The van der Waals surface area contributed by atoms with Crippen molar-refractivity contribution in [2.45, 2.75) is 52.7 Å². The average Bonchev–Trinajstić information content (AvgIpc) is 2.86. The molecule has 0 saturated carbocycles. The number of hydrogen-bond acceptors (Lipinski definition) is 5. The maximum absolute atomic E-state index is 12.9. The molecule has 3 rings (SSSR count). The molecule has 1 amide bonds. The molecule has 2 aromatic rings. The molecule has 2 atom stereocenters. The zero-order valence-corrected chi connectivity index (χ0v) is 17.8. The van der Waals surface area contributed by atoms with Crippen LogP contribution in [0.4, 0.5) is 0 Å². The molecule has 1 fully saturated rings. The molecule has 2 aromatic heterocycles. The van der Waals surface area contributed by atoms with Crippen LogP contribution in [0.5, 0.6) is 0 Å². The van der Waals surface area contributed by atoms with Gasteiger partial charge in [0.1, 0.15) is 4.83 Å². The third kappa shape index (κ3) is 3.69. The number of aromatic nitrogens is 2. The zero-order chi connectivity index (χ0) is 19.0. The van der Waals surface area contributed by atoms with Crippen molar-refractivity contribution in [3.05, 3.63) is 20.8 Å². The second-order valence-electron chi connectivity index (χ2n) is 7.44. The number of fused-ring (bicyclic) bond motifs is 1. The van der Waals surface area contributed by atoms with Crippen molar-refractivity contribution in [3.8, 4) is 0 Å². The predicted molar refractivity (Wildman–Crippen MR) is 109 cm³/mol. The Labute approximate surface area is 162 Å². The van der Waals surface area contributed by atoms with E-state index in [1.807, 2.05) is 25.7 Å². The van der Waals surface area contributed by atoms with Crippen LogP contribution in [0.15, 0.2) is 9.95 Å². The van der Waals surface area contributed by atoms with E-state index in [2.05, 4.69) is 13.8 Å². The van der Waals surface area contributed by atoms with Gasteiger partial charge in [0.05, 0.1) is 11.1 Å². The molecule has 26 heavy (non-hydrogen) atoms. The summed E-state index contributed by atoms with van der Waals surface area (Å²) in [5.41, 5.74) is 1.03. The molecule has 3 heterocycles. The molecule has 0 N–H and O–H groups in total. The molecule has 1 saturated heterocycles. The van der Waals surface area contributed by atoms with Crippen LogP contribution in [0.2, 0.25) is 0 Å². The number of thiophene rings is 1. The number of hydrogen-bond donors (Lipinski definition) is 0. The van der Waals surface area contributed by atoms with Crippen LogP contribution in [0.3, 0.4) is 0 Å². The predicted octanol–water partition coefficient (Wildman–Crippen LogP) is 3.69. The average molecular weight is 394 g/mol. The van der Waals surface area contributed by atoms with E-state index >= 15 is 0 Å². The molecule has 0 aromatic carbocycles. The molecule has 0 radical (unpaired) electrons. The van der Waals surface area contributed by atoms with E-state index in [9.17, 15) is 9.59 Å². The largest absolute Gasteiger partial charge is 0.341 e. The van der Waals surface area contributed by atoms with E-state index < -0.39 is 0 Å². The van der Waals surface area contributed by atoms with E-state index in [4.69, 9.17) is 4.98 Å². The van der Waals surface area contributed by atoms with Crippen molar-refractivity contribution >= 4 is 39.2 Å². The zero-order valence-electron chi connectivity index (χ0n) is 16.2. The number of piperidine rings is 1. The van der Waals surface area contributed by atoms with E-state index in [-0.39, 0.29) is 11.5 Å². The van der Waals surface area contributed by atoms with Gasteiger partial charge in [-0.1, -0.05) is 25.6 Å². The van der Waals surface area contributed by atoms with Gasteiger partial charge >= 0.3 is 0 Å². The summed E-state index contributed by atoms with van der Waals surface area (Å²) in [5.74, 6) is 1.57. The lowest BCUT2D eigenvalue weighted by Crippen LogP contribution is -2.43. The summed E-state index contributed by atoms with van der Waals surface area (Å²) in [6, 6.07) is 0. The number of carbonyl (C=O) groups excluding carboxylic acids is 1. The lowest BCUT2D eigenvalue weighted by Gasteiger charge is -2.35. The van der Waals surface area contributed by atoms with Gasteiger partial charge in [-0.2, -0.15) is 0 Å². The molecule has 142 valence electrons. The summed E-state index contributed by atoms with van der Waals surface area (Å²) in [6.07, 6.45) is 1.18. The van der Waals surface area contributed by atoms with Crippen LogP contribution in [0, 0.1) is 25.7 Å². The SMILES string of the molecule is CCn1c(SCC(=O)N2CC(C)CC(C)C2)nc2sc(C)c(C)c2c1=O. The van der Waals surface area contributed by atoms with E-state index in [1.54, 1.807) is 15.9 Å². The van der Waals surface area contributed by atoms with Gasteiger partial charge in [-0.05, 0) is 44.6 Å². The summed E-state index contributed by atoms with van der Waals surface area (Å²) in [5, 5.41) is 1.38. The molecule has 1 aliphatic heterocycles. The number of amides is 1. The standard InChI is InChI=1S/C19H27N3O2S2/c1-6-22-18(24)16-13(4)14(5)26-17(16)20-19(22)25-10-15(23)21-8-11(2)7-12(3)9-21/h11-12H,6-10H2,1-5H3. The Balaban J connectivity index is 1.82. The van der Waals surface area contributed by atoms with E-state index in [0.717, 1.165) is 33.7 Å². The topological polar surface area (TPSA) is 55.2 Å². The number of aryl methyl sites for hydroxylation is 2. The van der Waals surface area contributed by atoms with Crippen molar-refractivity contribution < 1.29 is 4.79 Å². The lowest BCUT2D eigenvalue weighted by molar-refractivity contribution is -0.130. The van der Waals surface area contributed by atoms with Gasteiger partial charge in [-0.3, -0.25) is 14.2 Å². The second kappa shape index (κ2) is 7.72. The Bertz CT molecular complexity index is 877. The maximum Gasteiger partial charge on any atom is 0.263 e. The molecule has 0 spiro atoms. The molecule has 5 nitrogen and oxygen atoms in total. The summed E-state index contributed by atoms with van der Waals surface area (Å²) < 4.78 is 1.70. The fourth-order valence-corrected chi connectivity index (χ4v) is 5.82. The second-order valence-corrected chi connectivity index (χ2v) is 9.59. The highest BCUT2D eigenvalue weighted by atomic mass is 32.2. The minimum atomic E-state index is 0.00881. The van der Waals surface area contributed by atoms with E-state index in [1.165, 1.54) is 18.2 Å². The Morgan fingerprint density at radius 1 is 1.27 bits per heavy atom. The summed E-state index contributed by atoms with van der Waals surface area (Å²) in [6.45, 7) is 12.6. The quantitative estimate of drug-likeness (QED) is 0.587. The highest BCUT2D eigenvalue weighted by molar-refractivity contribution is 7.99. The summed E-state index contributed by atoms with van der Waals surface area (Å²) in [7, 11) is 0. The Morgan fingerprint density at radius 2 is 1.92 bits per heavy atom. The Kier molecular flexibility index (Phi) is 5.77. The minimum Gasteiger partial charge on any atom is -0.341 e. The highest BCUT2D eigenvalue weighted by Crippen LogP contribution is 2.29. The fraction of sp³-hybridized carbons (Fsp3) is 0.632. The molecule has 0 aliphatic carbocycles. The van der Waals surface area contributed by atoms with Crippen LogP contribution in [0.25, 0.3) is 10.2 Å². The van der Waals surface area contributed by atoms with Crippen molar-refractivity contribution in [3.63, 3.8) is 0 Å². The molecule has 1 aliphatic rings. The van der Waals surface area contributed by atoms with Crippen LogP contribution in [-0.4, -0.2) is 39.2 Å². The smallest absolute Gasteiger partial charge is 0.263 e. The van der Waals surface area contributed by atoms with Gasteiger partial charge in [0.25, 0.3) is 5.56 Å². The lowest BCUT2D eigenvalue weighted by atomic mass is 9.92. The third-order valence-electron chi connectivity index (χ3n) is 5.12. The number of nitrogens with zero attached hydrogens (tertiary/aromatic N) is 3. The van der Waals surface area contributed by atoms with Gasteiger partial charge in [0.15, 0.2) is 5.16 Å². The molecule has 7 heteroatoms. The number of thioether (sulfide) groups is 1. The van der Waals surface area contributed by atoms with Crippen molar-refractivity contribution in [1.82, 2.24) is 14.5 Å². The molecule has 2 unspecified atom stereocenters. The van der Waals surface area contributed by atoms with Crippen LogP contribution in [0.1, 0.15) is 37.6 Å². The van der Waals surface area contributed by atoms with Crippen molar-refractivity contribution in [1.29, 1.82) is 0 Å². The first kappa shape index (κ1) is 19.4. The molecular formula is C19H27N3O2S2. The fourth-order valence-electron chi connectivity index (χ4n) is 3.78. The number of rotatable bonds is 4. The van der Waals surface area contributed by atoms with Crippen LogP contribution >= 0.6 is 23.1 Å².